The van der Waals surface area contributed by atoms with E-state index in [-0.39, 0.29) is 5.91 Å². The van der Waals surface area contributed by atoms with Crippen LogP contribution >= 0.6 is 12.2 Å². The van der Waals surface area contributed by atoms with E-state index in [0.717, 1.165) is 29.8 Å². The van der Waals surface area contributed by atoms with E-state index in [1.54, 1.807) is 17.1 Å². The Morgan fingerprint density at radius 3 is 2.62 bits per heavy atom. The van der Waals surface area contributed by atoms with Gasteiger partial charge in [0.1, 0.15) is 0 Å². The molecule has 1 saturated carbocycles. The highest BCUT2D eigenvalue weighted by Gasteiger charge is 2.23. The van der Waals surface area contributed by atoms with Crippen LogP contribution in [0.2, 0.25) is 0 Å². The fourth-order valence-electron chi connectivity index (χ4n) is 3.18. The van der Waals surface area contributed by atoms with Crippen LogP contribution in [0, 0.1) is 4.77 Å². The Morgan fingerprint density at radius 2 is 1.93 bits per heavy atom. The first-order valence-electron chi connectivity index (χ1n) is 9.70. The molecule has 0 bridgehead atoms. The highest BCUT2D eigenvalue weighted by atomic mass is 32.1. The van der Waals surface area contributed by atoms with E-state index in [1.807, 2.05) is 46.8 Å². The van der Waals surface area contributed by atoms with Crippen LogP contribution in [-0.4, -0.2) is 49.8 Å². The minimum Gasteiger partial charge on any atom is -0.352 e. The standard InChI is InChI=1S/C21H24N6OS/c1-25(14-19(28)23-18-7-8-18)15-27-21(29)26(13-16-5-3-2-4-6-16)20(24-27)17-9-11-22-12-10-17/h2-6,9-12,18H,7-8,13-15H2,1H3,(H,23,28). The molecule has 0 saturated heterocycles. The Morgan fingerprint density at radius 1 is 1.21 bits per heavy atom. The van der Waals surface area contributed by atoms with Crippen molar-refractivity contribution in [2.75, 3.05) is 13.6 Å². The second-order valence-electron chi connectivity index (χ2n) is 7.41. The quantitative estimate of drug-likeness (QED) is 0.581. The van der Waals surface area contributed by atoms with Crippen molar-refractivity contribution >= 4 is 18.1 Å². The van der Waals surface area contributed by atoms with Crippen molar-refractivity contribution in [3.05, 3.63) is 65.2 Å². The maximum absolute atomic E-state index is 12.1. The van der Waals surface area contributed by atoms with E-state index in [0.29, 0.717) is 30.6 Å². The Labute approximate surface area is 175 Å². The molecule has 0 atom stereocenters. The number of rotatable bonds is 8. The lowest BCUT2D eigenvalue weighted by molar-refractivity contribution is -0.122. The third kappa shape index (κ3) is 4.96. The van der Waals surface area contributed by atoms with Gasteiger partial charge in [0.15, 0.2) is 10.6 Å². The largest absolute Gasteiger partial charge is 0.352 e. The predicted octanol–water partition coefficient (Wildman–Crippen LogP) is 2.69. The Kier molecular flexibility index (Phi) is 5.82. The normalized spacial score (nSPS) is 13.6. The fraction of sp³-hybridized carbons (Fsp3) is 0.333. The van der Waals surface area contributed by atoms with E-state index >= 15 is 0 Å². The van der Waals surface area contributed by atoms with Crippen LogP contribution in [0.5, 0.6) is 0 Å². The molecule has 0 unspecified atom stereocenters. The maximum Gasteiger partial charge on any atom is 0.234 e. The number of benzene rings is 1. The lowest BCUT2D eigenvalue weighted by atomic mass is 10.2. The number of amides is 1. The highest BCUT2D eigenvalue weighted by Crippen LogP contribution is 2.20. The summed E-state index contributed by atoms with van der Waals surface area (Å²) in [7, 11) is 1.90. The third-order valence-corrected chi connectivity index (χ3v) is 5.21. The second kappa shape index (κ2) is 8.67. The molecule has 2 heterocycles. The van der Waals surface area contributed by atoms with Gasteiger partial charge in [-0.2, -0.15) is 5.10 Å². The van der Waals surface area contributed by atoms with E-state index in [1.165, 1.54) is 0 Å². The lowest BCUT2D eigenvalue weighted by Gasteiger charge is -2.15. The van der Waals surface area contributed by atoms with Crippen LogP contribution < -0.4 is 5.32 Å². The molecule has 7 nitrogen and oxygen atoms in total. The van der Waals surface area contributed by atoms with Crippen LogP contribution in [0.4, 0.5) is 0 Å². The van der Waals surface area contributed by atoms with E-state index in [2.05, 4.69) is 22.4 Å². The summed E-state index contributed by atoms with van der Waals surface area (Å²) in [6, 6.07) is 14.4. The summed E-state index contributed by atoms with van der Waals surface area (Å²) >= 11 is 5.74. The number of hydrogen-bond donors (Lipinski definition) is 1. The molecule has 1 aliphatic rings. The van der Waals surface area contributed by atoms with Gasteiger partial charge in [-0.15, -0.1) is 0 Å². The average molecular weight is 409 g/mol. The predicted molar refractivity (Wildman–Crippen MR) is 114 cm³/mol. The Hall–Kier alpha value is -2.84. The number of hydrogen-bond acceptors (Lipinski definition) is 5. The van der Waals surface area contributed by atoms with Crippen LogP contribution in [-0.2, 0) is 18.0 Å². The van der Waals surface area contributed by atoms with E-state index in [4.69, 9.17) is 17.3 Å². The number of nitrogens with zero attached hydrogens (tertiary/aromatic N) is 5. The molecule has 1 N–H and O–H groups in total. The minimum atomic E-state index is 0.0413. The third-order valence-electron chi connectivity index (χ3n) is 4.78. The first kappa shape index (κ1) is 19.5. The van der Waals surface area contributed by atoms with Crippen molar-refractivity contribution in [1.29, 1.82) is 0 Å². The number of nitrogens with one attached hydrogen (secondary N) is 1. The van der Waals surface area contributed by atoms with Gasteiger partial charge in [0.25, 0.3) is 0 Å². The molecule has 0 aliphatic heterocycles. The summed E-state index contributed by atoms with van der Waals surface area (Å²) in [5.74, 6) is 0.830. The molecule has 8 heteroatoms. The van der Waals surface area contributed by atoms with Crippen molar-refractivity contribution in [3.8, 4) is 11.4 Å². The number of carbonyl (C=O) groups is 1. The smallest absolute Gasteiger partial charge is 0.234 e. The molecular weight excluding hydrogens is 384 g/mol. The molecule has 1 fully saturated rings. The van der Waals surface area contributed by atoms with Gasteiger partial charge in [-0.25, -0.2) is 4.68 Å². The zero-order chi connectivity index (χ0) is 20.2. The van der Waals surface area contributed by atoms with Gasteiger partial charge in [0, 0.05) is 24.0 Å². The highest BCUT2D eigenvalue weighted by molar-refractivity contribution is 7.71. The van der Waals surface area contributed by atoms with Crippen molar-refractivity contribution in [1.82, 2.24) is 29.5 Å². The molecule has 0 spiro atoms. The molecular formula is C21H24N6OS. The molecule has 150 valence electrons. The summed E-state index contributed by atoms with van der Waals surface area (Å²) in [5.41, 5.74) is 2.10. The number of aromatic nitrogens is 4. The summed E-state index contributed by atoms with van der Waals surface area (Å²) < 4.78 is 4.42. The zero-order valence-corrected chi connectivity index (χ0v) is 17.2. The Bertz CT molecular complexity index is 1030. The van der Waals surface area contributed by atoms with Crippen LogP contribution in [0.1, 0.15) is 18.4 Å². The Balaban J connectivity index is 1.58. The first-order chi connectivity index (χ1) is 14.1. The molecule has 2 aromatic heterocycles. The van der Waals surface area contributed by atoms with Crippen molar-refractivity contribution < 1.29 is 4.79 Å². The first-order valence-corrected chi connectivity index (χ1v) is 10.1. The minimum absolute atomic E-state index is 0.0413. The summed E-state index contributed by atoms with van der Waals surface area (Å²) in [5, 5.41) is 7.78. The van der Waals surface area contributed by atoms with Gasteiger partial charge < -0.3 is 5.32 Å². The van der Waals surface area contributed by atoms with Gasteiger partial charge in [-0.05, 0) is 49.8 Å². The van der Waals surface area contributed by atoms with Gasteiger partial charge in [-0.3, -0.25) is 19.2 Å². The van der Waals surface area contributed by atoms with Gasteiger partial charge in [-0.1, -0.05) is 30.3 Å². The zero-order valence-electron chi connectivity index (χ0n) is 16.4. The summed E-state index contributed by atoms with van der Waals surface area (Å²) in [6.07, 6.45) is 5.66. The monoisotopic (exact) mass is 408 g/mol. The molecule has 0 radical (unpaired) electrons. The van der Waals surface area contributed by atoms with Crippen LogP contribution in [0.15, 0.2) is 54.9 Å². The van der Waals surface area contributed by atoms with Gasteiger partial charge >= 0.3 is 0 Å². The van der Waals surface area contributed by atoms with Crippen LogP contribution in [0.25, 0.3) is 11.4 Å². The lowest BCUT2D eigenvalue weighted by Crippen LogP contribution is -2.37. The fourth-order valence-corrected chi connectivity index (χ4v) is 3.43. The van der Waals surface area contributed by atoms with Gasteiger partial charge in [0.05, 0.1) is 19.8 Å². The molecule has 3 aromatic rings. The maximum atomic E-state index is 12.1. The number of likely N-dealkylation sites (N-methyl/N-ethyl adjacent to an activating group) is 1. The summed E-state index contributed by atoms with van der Waals surface area (Å²) in [6.45, 7) is 1.38. The van der Waals surface area contributed by atoms with Gasteiger partial charge in [0.2, 0.25) is 5.91 Å². The molecule has 1 amide bonds. The summed E-state index contributed by atoms with van der Waals surface area (Å²) in [4.78, 5) is 18.1. The van der Waals surface area contributed by atoms with Crippen molar-refractivity contribution in [2.45, 2.75) is 32.1 Å². The topological polar surface area (TPSA) is 68.0 Å². The molecule has 29 heavy (non-hydrogen) atoms. The van der Waals surface area contributed by atoms with Crippen LogP contribution in [0.3, 0.4) is 0 Å². The van der Waals surface area contributed by atoms with E-state index < -0.39 is 0 Å². The average Bonchev–Trinajstić information content (AvgIpc) is 3.49. The van der Waals surface area contributed by atoms with Crippen molar-refractivity contribution in [2.24, 2.45) is 0 Å². The molecule has 1 aromatic carbocycles. The van der Waals surface area contributed by atoms with E-state index in [9.17, 15) is 4.79 Å². The second-order valence-corrected chi connectivity index (χ2v) is 7.78. The SMILES string of the molecule is CN(CC(=O)NC1CC1)Cn1nc(-c2ccncc2)n(Cc2ccccc2)c1=S. The molecule has 4 rings (SSSR count). The van der Waals surface area contributed by atoms with Crippen molar-refractivity contribution in [3.63, 3.8) is 0 Å². The number of carbonyl (C=O) groups excluding carboxylic acids is 1. The molecule has 1 aliphatic carbocycles. The number of pyridine rings is 1.